The third kappa shape index (κ3) is 2.01. The van der Waals surface area contributed by atoms with Gasteiger partial charge < -0.3 is 4.90 Å². The van der Waals surface area contributed by atoms with Gasteiger partial charge in [0, 0.05) is 23.2 Å². The molecule has 2 aromatic rings. The van der Waals surface area contributed by atoms with Crippen molar-refractivity contribution in [3.63, 3.8) is 0 Å². The van der Waals surface area contributed by atoms with Crippen LogP contribution in [0.4, 0.5) is 4.39 Å². The minimum atomic E-state index is -0.148. The molecule has 0 saturated heterocycles. The first-order chi connectivity index (χ1) is 8.24. The first kappa shape index (κ1) is 10.9. The van der Waals surface area contributed by atoms with Crippen molar-refractivity contribution in [2.45, 2.75) is 6.42 Å². The van der Waals surface area contributed by atoms with E-state index in [-0.39, 0.29) is 5.82 Å². The van der Waals surface area contributed by atoms with Crippen molar-refractivity contribution in [3.8, 4) is 0 Å². The van der Waals surface area contributed by atoms with Gasteiger partial charge in [-0.2, -0.15) is 0 Å². The average Bonchev–Trinajstić information content (AvgIpc) is 2.73. The Morgan fingerprint density at radius 3 is 3.00 bits per heavy atom. The number of fused-ring (bicyclic) bond motifs is 1. The Bertz CT molecular complexity index is 585. The molecule has 0 saturated carbocycles. The van der Waals surface area contributed by atoms with Gasteiger partial charge in [0.05, 0.1) is 0 Å². The van der Waals surface area contributed by atoms with Crippen LogP contribution in [-0.2, 0) is 0 Å². The van der Waals surface area contributed by atoms with E-state index in [1.807, 2.05) is 6.07 Å². The fourth-order valence-corrected chi connectivity index (χ4v) is 3.23. The molecule has 0 fully saturated rings. The average molecular weight is 247 g/mol. The maximum absolute atomic E-state index is 13.3. The predicted octanol–water partition coefficient (Wildman–Crippen LogP) is 3.76. The normalized spacial score (nSPS) is 17.4. The molecule has 0 bridgehead atoms. The van der Waals surface area contributed by atoms with E-state index in [0.717, 1.165) is 24.9 Å². The molecule has 1 aromatic heterocycles. The highest BCUT2D eigenvalue weighted by Gasteiger charge is 2.13. The molecule has 0 N–H and O–H groups in total. The molecule has 3 heteroatoms. The molecule has 0 spiro atoms. The van der Waals surface area contributed by atoms with Crippen molar-refractivity contribution in [3.05, 3.63) is 41.0 Å². The summed E-state index contributed by atoms with van der Waals surface area (Å²) in [5, 5.41) is 3.21. The van der Waals surface area contributed by atoms with Crippen molar-refractivity contribution in [1.29, 1.82) is 0 Å². The highest BCUT2D eigenvalue weighted by Crippen LogP contribution is 2.33. The predicted molar refractivity (Wildman–Crippen MR) is 71.9 cm³/mol. The highest BCUT2D eigenvalue weighted by atomic mass is 32.1. The van der Waals surface area contributed by atoms with Crippen molar-refractivity contribution in [1.82, 2.24) is 4.90 Å². The summed E-state index contributed by atoms with van der Waals surface area (Å²) in [6, 6.07) is 5.06. The lowest BCUT2D eigenvalue weighted by Crippen LogP contribution is -2.23. The van der Waals surface area contributed by atoms with E-state index in [2.05, 4.69) is 23.4 Å². The molecular weight excluding hydrogens is 233 g/mol. The van der Waals surface area contributed by atoms with Crippen molar-refractivity contribution in [2.75, 3.05) is 20.1 Å². The molecule has 0 atom stereocenters. The van der Waals surface area contributed by atoms with Crippen LogP contribution in [0.3, 0.4) is 0 Å². The lowest BCUT2D eigenvalue weighted by atomic mass is 9.99. The SMILES string of the molecule is CN1CC=C(c2csc3ccc(F)cc23)CC1. The molecule has 1 aliphatic heterocycles. The number of halogens is 1. The number of benzene rings is 1. The Kier molecular flexibility index (Phi) is 2.73. The zero-order chi connectivity index (χ0) is 11.8. The standard InChI is InChI=1S/C14H14FNS/c1-16-6-4-10(5-7-16)13-9-17-14-3-2-11(15)8-12(13)14/h2-4,8-9H,5-7H2,1H3. The summed E-state index contributed by atoms with van der Waals surface area (Å²) in [6.07, 6.45) is 3.31. The molecule has 88 valence electrons. The van der Waals surface area contributed by atoms with Crippen LogP contribution in [0.2, 0.25) is 0 Å². The number of hydrogen-bond donors (Lipinski definition) is 0. The molecule has 1 nitrogen and oxygen atoms in total. The number of likely N-dealkylation sites (N-methyl/N-ethyl adjacent to an activating group) is 1. The molecule has 17 heavy (non-hydrogen) atoms. The number of nitrogens with zero attached hydrogens (tertiary/aromatic N) is 1. The molecule has 0 unspecified atom stereocenters. The monoisotopic (exact) mass is 247 g/mol. The number of rotatable bonds is 1. The second-order valence-corrected chi connectivity index (χ2v) is 5.44. The van der Waals surface area contributed by atoms with Gasteiger partial charge in [0.15, 0.2) is 0 Å². The minimum absolute atomic E-state index is 0.148. The zero-order valence-electron chi connectivity index (χ0n) is 9.74. The molecule has 1 aliphatic rings. The Morgan fingerprint density at radius 1 is 1.35 bits per heavy atom. The Labute approximate surface area is 104 Å². The second kappa shape index (κ2) is 4.24. The van der Waals surface area contributed by atoms with Crippen LogP contribution < -0.4 is 0 Å². The maximum Gasteiger partial charge on any atom is 0.123 e. The van der Waals surface area contributed by atoms with Gasteiger partial charge in [-0.15, -0.1) is 11.3 Å². The smallest absolute Gasteiger partial charge is 0.123 e. The Hall–Kier alpha value is -1.19. The molecule has 1 aromatic carbocycles. The van der Waals surface area contributed by atoms with E-state index < -0.39 is 0 Å². The molecular formula is C14H14FNS. The summed E-state index contributed by atoms with van der Waals surface area (Å²) in [4.78, 5) is 2.29. The second-order valence-electron chi connectivity index (χ2n) is 4.53. The molecule has 0 amide bonds. The van der Waals surface area contributed by atoms with Crippen LogP contribution in [0.1, 0.15) is 12.0 Å². The molecule has 3 rings (SSSR count). The third-order valence-electron chi connectivity index (χ3n) is 3.29. The van der Waals surface area contributed by atoms with Crippen LogP contribution in [0.15, 0.2) is 29.7 Å². The van der Waals surface area contributed by atoms with Crippen LogP contribution in [0, 0.1) is 5.82 Å². The van der Waals surface area contributed by atoms with Gasteiger partial charge in [-0.3, -0.25) is 0 Å². The Morgan fingerprint density at radius 2 is 2.24 bits per heavy atom. The van der Waals surface area contributed by atoms with Gasteiger partial charge in [0.25, 0.3) is 0 Å². The molecule has 0 radical (unpaired) electrons. The summed E-state index contributed by atoms with van der Waals surface area (Å²) in [5.41, 5.74) is 2.58. The fraction of sp³-hybridized carbons (Fsp3) is 0.286. The van der Waals surface area contributed by atoms with Crippen molar-refractivity contribution >= 4 is 27.0 Å². The lowest BCUT2D eigenvalue weighted by Gasteiger charge is -2.21. The van der Waals surface area contributed by atoms with Crippen LogP contribution in [0.25, 0.3) is 15.7 Å². The largest absolute Gasteiger partial charge is 0.302 e. The Balaban J connectivity index is 2.08. The fourth-order valence-electron chi connectivity index (χ4n) is 2.27. The summed E-state index contributed by atoms with van der Waals surface area (Å²) >= 11 is 1.70. The van der Waals surface area contributed by atoms with Gasteiger partial charge in [-0.25, -0.2) is 4.39 Å². The topological polar surface area (TPSA) is 3.24 Å². The van der Waals surface area contributed by atoms with Crippen LogP contribution in [-0.4, -0.2) is 25.0 Å². The van der Waals surface area contributed by atoms with E-state index in [1.54, 1.807) is 17.4 Å². The van der Waals surface area contributed by atoms with E-state index in [0.29, 0.717) is 0 Å². The summed E-state index contributed by atoms with van der Waals surface area (Å²) < 4.78 is 14.5. The van der Waals surface area contributed by atoms with Crippen molar-refractivity contribution in [2.24, 2.45) is 0 Å². The van der Waals surface area contributed by atoms with Crippen molar-refractivity contribution < 1.29 is 4.39 Å². The maximum atomic E-state index is 13.3. The van der Waals surface area contributed by atoms with E-state index in [1.165, 1.54) is 21.9 Å². The third-order valence-corrected chi connectivity index (χ3v) is 4.26. The number of thiophene rings is 1. The van der Waals surface area contributed by atoms with E-state index in [9.17, 15) is 4.39 Å². The summed E-state index contributed by atoms with van der Waals surface area (Å²) in [6.45, 7) is 2.07. The van der Waals surface area contributed by atoms with Gasteiger partial charge in [-0.05, 0) is 48.2 Å². The zero-order valence-corrected chi connectivity index (χ0v) is 10.6. The van der Waals surface area contributed by atoms with Crippen LogP contribution >= 0.6 is 11.3 Å². The van der Waals surface area contributed by atoms with Crippen LogP contribution in [0.5, 0.6) is 0 Å². The lowest BCUT2D eigenvalue weighted by molar-refractivity contribution is 0.370. The highest BCUT2D eigenvalue weighted by molar-refractivity contribution is 7.17. The summed E-state index contributed by atoms with van der Waals surface area (Å²) in [5.74, 6) is -0.148. The van der Waals surface area contributed by atoms with Gasteiger partial charge in [0.1, 0.15) is 5.82 Å². The minimum Gasteiger partial charge on any atom is -0.302 e. The first-order valence-corrected chi connectivity index (χ1v) is 6.67. The molecule has 2 heterocycles. The van der Waals surface area contributed by atoms with Gasteiger partial charge in [0.2, 0.25) is 0 Å². The van der Waals surface area contributed by atoms with E-state index >= 15 is 0 Å². The first-order valence-electron chi connectivity index (χ1n) is 5.79. The quantitative estimate of drug-likeness (QED) is 0.741. The summed E-state index contributed by atoms with van der Waals surface area (Å²) in [7, 11) is 2.12. The van der Waals surface area contributed by atoms with Gasteiger partial charge in [-0.1, -0.05) is 6.08 Å². The molecule has 0 aliphatic carbocycles. The number of hydrogen-bond acceptors (Lipinski definition) is 2. The van der Waals surface area contributed by atoms with E-state index in [4.69, 9.17) is 0 Å². The van der Waals surface area contributed by atoms with Gasteiger partial charge >= 0.3 is 0 Å².